The average molecular weight is 348 g/mol. The second-order valence-electron chi connectivity index (χ2n) is 6.39. The Labute approximate surface area is 154 Å². The molecule has 0 aliphatic rings. The van der Waals surface area contributed by atoms with E-state index in [2.05, 4.69) is 51.8 Å². The smallest absolute Gasteiger partial charge is 0.225 e. The lowest BCUT2D eigenvalue weighted by molar-refractivity contribution is 0.416. The van der Waals surface area contributed by atoms with Crippen molar-refractivity contribution in [3.8, 4) is 5.75 Å². The molecule has 5 heteroatoms. The van der Waals surface area contributed by atoms with E-state index in [1.54, 1.807) is 7.11 Å². The molecule has 0 aliphatic carbocycles. The lowest BCUT2D eigenvalue weighted by Crippen LogP contribution is -2.06. The van der Waals surface area contributed by atoms with Crippen molar-refractivity contribution < 1.29 is 4.74 Å². The van der Waals surface area contributed by atoms with Gasteiger partial charge in [-0.1, -0.05) is 35.9 Å². The fourth-order valence-electron chi connectivity index (χ4n) is 2.66. The third kappa shape index (κ3) is 4.51. The minimum absolute atomic E-state index is 0.597. The van der Waals surface area contributed by atoms with Gasteiger partial charge >= 0.3 is 0 Å². The van der Waals surface area contributed by atoms with Crippen molar-refractivity contribution >= 4 is 17.5 Å². The molecule has 0 radical (unpaired) electrons. The van der Waals surface area contributed by atoms with E-state index in [0.29, 0.717) is 12.5 Å². The van der Waals surface area contributed by atoms with Crippen molar-refractivity contribution in [1.29, 1.82) is 0 Å². The highest BCUT2D eigenvalue weighted by Crippen LogP contribution is 2.28. The van der Waals surface area contributed by atoms with Crippen LogP contribution in [0.5, 0.6) is 5.75 Å². The Hall–Kier alpha value is -3.08. The standard InChI is InChI=1S/C21H24N4O/c1-14-5-8-17(9-6-14)13-22-21-23-16(3)12-20(25-21)24-18-11-15(2)7-10-19(18)26-4/h5-12H,13H2,1-4H3,(H2,22,23,24,25). The van der Waals surface area contributed by atoms with E-state index in [9.17, 15) is 0 Å². The van der Waals surface area contributed by atoms with Crippen LogP contribution in [0.4, 0.5) is 17.5 Å². The number of nitrogens with zero attached hydrogens (tertiary/aromatic N) is 2. The minimum atomic E-state index is 0.597. The van der Waals surface area contributed by atoms with Crippen LogP contribution in [-0.4, -0.2) is 17.1 Å². The third-order valence-corrected chi connectivity index (χ3v) is 4.04. The number of benzene rings is 2. The van der Waals surface area contributed by atoms with Crippen molar-refractivity contribution in [3.05, 3.63) is 70.9 Å². The average Bonchev–Trinajstić information content (AvgIpc) is 2.61. The molecule has 0 saturated carbocycles. The lowest BCUT2D eigenvalue weighted by Gasteiger charge is -2.13. The van der Waals surface area contributed by atoms with Gasteiger partial charge in [0.25, 0.3) is 0 Å². The van der Waals surface area contributed by atoms with Gasteiger partial charge in [0.15, 0.2) is 0 Å². The van der Waals surface area contributed by atoms with Crippen molar-refractivity contribution in [2.75, 3.05) is 17.7 Å². The number of rotatable bonds is 6. The molecule has 2 N–H and O–H groups in total. The molecular weight excluding hydrogens is 324 g/mol. The van der Waals surface area contributed by atoms with E-state index >= 15 is 0 Å². The monoisotopic (exact) mass is 348 g/mol. The molecule has 0 spiro atoms. The van der Waals surface area contributed by atoms with Gasteiger partial charge in [-0.15, -0.1) is 0 Å². The van der Waals surface area contributed by atoms with Crippen molar-refractivity contribution in [2.24, 2.45) is 0 Å². The van der Waals surface area contributed by atoms with Crippen LogP contribution >= 0.6 is 0 Å². The van der Waals surface area contributed by atoms with Crippen LogP contribution < -0.4 is 15.4 Å². The fraction of sp³-hybridized carbons (Fsp3) is 0.238. The quantitative estimate of drug-likeness (QED) is 0.672. The van der Waals surface area contributed by atoms with Gasteiger partial charge in [-0.3, -0.25) is 0 Å². The molecule has 2 aromatic carbocycles. The second-order valence-corrected chi connectivity index (χ2v) is 6.39. The molecule has 1 aromatic heterocycles. The Morgan fingerprint density at radius 1 is 0.885 bits per heavy atom. The molecule has 5 nitrogen and oxygen atoms in total. The summed E-state index contributed by atoms with van der Waals surface area (Å²) in [4.78, 5) is 9.05. The molecule has 0 bridgehead atoms. The summed E-state index contributed by atoms with van der Waals surface area (Å²) in [5, 5.41) is 6.63. The summed E-state index contributed by atoms with van der Waals surface area (Å²) in [5.41, 5.74) is 5.36. The summed E-state index contributed by atoms with van der Waals surface area (Å²) >= 11 is 0. The maximum Gasteiger partial charge on any atom is 0.225 e. The molecular formula is C21H24N4O. The first-order valence-corrected chi connectivity index (χ1v) is 8.60. The topological polar surface area (TPSA) is 59.1 Å². The van der Waals surface area contributed by atoms with E-state index in [1.165, 1.54) is 11.1 Å². The van der Waals surface area contributed by atoms with Gasteiger partial charge in [-0.2, -0.15) is 4.98 Å². The van der Waals surface area contributed by atoms with Crippen LogP contribution in [-0.2, 0) is 6.54 Å². The maximum absolute atomic E-state index is 5.43. The predicted molar refractivity (Wildman–Crippen MR) is 106 cm³/mol. The van der Waals surface area contributed by atoms with Gasteiger partial charge in [-0.05, 0) is 44.0 Å². The second kappa shape index (κ2) is 7.87. The summed E-state index contributed by atoms with van der Waals surface area (Å²) in [7, 11) is 1.66. The predicted octanol–water partition coefficient (Wildman–Crippen LogP) is 4.77. The molecule has 0 aliphatic heterocycles. The molecule has 0 saturated heterocycles. The first-order chi connectivity index (χ1) is 12.5. The van der Waals surface area contributed by atoms with Gasteiger partial charge in [-0.25, -0.2) is 4.98 Å². The molecule has 0 unspecified atom stereocenters. The van der Waals surface area contributed by atoms with Crippen molar-refractivity contribution in [2.45, 2.75) is 27.3 Å². The number of hydrogen-bond donors (Lipinski definition) is 2. The minimum Gasteiger partial charge on any atom is -0.495 e. The van der Waals surface area contributed by atoms with E-state index in [0.717, 1.165) is 28.5 Å². The lowest BCUT2D eigenvalue weighted by atomic mass is 10.1. The van der Waals surface area contributed by atoms with E-state index in [1.807, 2.05) is 38.1 Å². The molecule has 0 atom stereocenters. The van der Waals surface area contributed by atoms with E-state index < -0.39 is 0 Å². The zero-order valence-corrected chi connectivity index (χ0v) is 15.6. The highest BCUT2D eigenvalue weighted by atomic mass is 16.5. The van der Waals surface area contributed by atoms with Crippen LogP contribution in [0.3, 0.4) is 0 Å². The molecule has 3 rings (SSSR count). The van der Waals surface area contributed by atoms with Crippen LogP contribution in [0.15, 0.2) is 48.5 Å². The van der Waals surface area contributed by atoms with Gasteiger partial charge in [0.2, 0.25) is 5.95 Å². The van der Waals surface area contributed by atoms with Crippen LogP contribution in [0.2, 0.25) is 0 Å². The number of aryl methyl sites for hydroxylation is 3. The number of aromatic nitrogens is 2. The Balaban J connectivity index is 1.77. The largest absolute Gasteiger partial charge is 0.495 e. The van der Waals surface area contributed by atoms with E-state index in [-0.39, 0.29) is 0 Å². The summed E-state index contributed by atoms with van der Waals surface area (Å²) < 4.78 is 5.43. The highest BCUT2D eigenvalue weighted by Gasteiger charge is 2.07. The first kappa shape index (κ1) is 17.7. The summed E-state index contributed by atoms with van der Waals surface area (Å²) in [5.74, 6) is 2.11. The number of ether oxygens (including phenoxy) is 1. The highest BCUT2D eigenvalue weighted by molar-refractivity contribution is 5.65. The fourth-order valence-corrected chi connectivity index (χ4v) is 2.66. The normalized spacial score (nSPS) is 10.5. The van der Waals surface area contributed by atoms with Gasteiger partial charge in [0.1, 0.15) is 11.6 Å². The molecule has 3 aromatic rings. The summed E-state index contributed by atoms with van der Waals surface area (Å²) in [6.07, 6.45) is 0. The van der Waals surface area contributed by atoms with Gasteiger partial charge in [0.05, 0.1) is 12.8 Å². The third-order valence-electron chi connectivity index (χ3n) is 4.04. The molecule has 134 valence electrons. The SMILES string of the molecule is COc1ccc(C)cc1Nc1cc(C)nc(NCc2ccc(C)cc2)n1. The van der Waals surface area contributed by atoms with E-state index in [4.69, 9.17) is 4.74 Å². The van der Waals surface area contributed by atoms with Crippen molar-refractivity contribution in [1.82, 2.24) is 9.97 Å². The Morgan fingerprint density at radius 2 is 1.62 bits per heavy atom. The molecule has 0 fully saturated rings. The van der Waals surface area contributed by atoms with Crippen LogP contribution in [0.25, 0.3) is 0 Å². The van der Waals surface area contributed by atoms with Crippen LogP contribution in [0.1, 0.15) is 22.4 Å². The summed E-state index contributed by atoms with van der Waals surface area (Å²) in [6, 6.07) is 16.3. The summed E-state index contributed by atoms with van der Waals surface area (Å²) in [6.45, 7) is 6.76. The van der Waals surface area contributed by atoms with Crippen LogP contribution in [0, 0.1) is 20.8 Å². The number of nitrogens with one attached hydrogen (secondary N) is 2. The Morgan fingerprint density at radius 3 is 2.35 bits per heavy atom. The zero-order chi connectivity index (χ0) is 18.5. The number of methoxy groups -OCH3 is 1. The molecule has 0 amide bonds. The Kier molecular flexibility index (Phi) is 5.37. The number of anilines is 3. The molecule has 1 heterocycles. The first-order valence-electron chi connectivity index (χ1n) is 8.60. The number of hydrogen-bond acceptors (Lipinski definition) is 5. The van der Waals surface area contributed by atoms with Crippen molar-refractivity contribution in [3.63, 3.8) is 0 Å². The Bertz CT molecular complexity index is 891. The van der Waals surface area contributed by atoms with Gasteiger partial charge in [0, 0.05) is 18.3 Å². The molecule has 26 heavy (non-hydrogen) atoms. The zero-order valence-electron chi connectivity index (χ0n) is 15.6. The van der Waals surface area contributed by atoms with Gasteiger partial charge < -0.3 is 15.4 Å². The maximum atomic E-state index is 5.43.